The number of aromatic nitrogens is 1. The second-order valence-corrected chi connectivity index (χ2v) is 4.05. The highest BCUT2D eigenvalue weighted by atomic mass is 19.4. The molecule has 0 aliphatic rings. The summed E-state index contributed by atoms with van der Waals surface area (Å²) in [6.07, 6.45) is -1.52. The van der Waals surface area contributed by atoms with E-state index in [1.165, 1.54) is 24.5 Å². The molecule has 0 atom stereocenters. The summed E-state index contributed by atoms with van der Waals surface area (Å²) in [6.45, 7) is 0. The molecule has 3 rings (SSSR count). The van der Waals surface area contributed by atoms with Gasteiger partial charge >= 0.3 is 6.18 Å². The summed E-state index contributed by atoms with van der Waals surface area (Å²) in [5.74, 6) is 0. The first-order valence-corrected chi connectivity index (χ1v) is 5.99. The van der Waals surface area contributed by atoms with Crippen LogP contribution in [0.1, 0.15) is 5.56 Å². The molecule has 2 aromatic carbocycles. The number of fused-ring (bicyclic) bond motifs is 1. The monoisotopic (exact) mass is 275 g/mol. The number of alkyl halides is 3. The van der Waals surface area contributed by atoms with E-state index in [9.17, 15) is 13.2 Å². The Morgan fingerprint density at radius 2 is 1.35 bits per heavy atom. The zero-order valence-corrected chi connectivity index (χ0v) is 10.5. The Bertz CT molecular complexity index is 631. The van der Waals surface area contributed by atoms with Crippen LogP contribution in [0.3, 0.4) is 0 Å². The maximum Gasteiger partial charge on any atom is 0.417 e. The van der Waals surface area contributed by atoms with Crippen molar-refractivity contribution < 1.29 is 13.2 Å². The maximum atomic E-state index is 12.5. The molecule has 0 bridgehead atoms. The Kier molecular flexibility index (Phi) is 4.35. The lowest BCUT2D eigenvalue weighted by Gasteiger charge is -2.09. The molecular weight excluding hydrogens is 263 g/mol. The van der Waals surface area contributed by atoms with Crippen molar-refractivity contribution in [1.82, 2.24) is 4.98 Å². The first kappa shape index (κ1) is 14.1. The second kappa shape index (κ2) is 6.19. The lowest BCUT2D eigenvalue weighted by Crippen LogP contribution is -2.05. The summed E-state index contributed by atoms with van der Waals surface area (Å²) in [6, 6.07) is 17.4. The molecule has 1 aromatic heterocycles. The molecule has 0 N–H and O–H groups in total. The lowest BCUT2D eigenvalue weighted by atomic mass is 10.1. The van der Waals surface area contributed by atoms with Gasteiger partial charge in [-0.2, -0.15) is 13.2 Å². The highest BCUT2D eigenvalue weighted by Gasteiger charge is 2.32. The SMILES string of the molecule is FC(F)(F)c1cccc2cnccc12.c1ccccc1. The molecule has 0 radical (unpaired) electrons. The average Bonchev–Trinajstić information content (AvgIpc) is 2.48. The van der Waals surface area contributed by atoms with Gasteiger partial charge in [0.15, 0.2) is 0 Å². The highest BCUT2D eigenvalue weighted by molar-refractivity contribution is 5.85. The molecule has 102 valence electrons. The van der Waals surface area contributed by atoms with E-state index in [0.717, 1.165) is 6.07 Å². The molecule has 1 nitrogen and oxygen atoms in total. The zero-order chi connectivity index (χ0) is 14.4. The fraction of sp³-hybridized carbons (Fsp3) is 0.0625. The van der Waals surface area contributed by atoms with Gasteiger partial charge in [0.05, 0.1) is 5.56 Å². The van der Waals surface area contributed by atoms with Gasteiger partial charge in [0.1, 0.15) is 0 Å². The number of halogens is 3. The largest absolute Gasteiger partial charge is 0.417 e. The van der Waals surface area contributed by atoms with Crippen LogP contribution in [-0.4, -0.2) is 4.98 Å². The quantitative estimate of drug-likeness (QED) is 0.566. The minimum Gasteiger partial charge on any atom is -0.264 e. The van der Waals surface area contributed by atoms with Gasteiger partial charge in [-0.15, -0.1) is 0 Å². The zero-order valence-electron chi connectivity index (χ0n) is 10.5. The van der Waals surface area contributed by atoms with Gasteiger partial charge < -0.3 is 0 Å². The van der Waals surface area contributed by atoms with Crippen LogP contribution in [0.25, 0.3) is 10.8 Å². The van der Waals surface area contributed by atoms with Crippen molar-refractivity contribution in [1.29, 1.82) is 0 Å². The first-order chi connectivity index (χ1) is 9.59. The minimum atomic E-state index is -4.30. The molecule has 4 heteroatoms. The van der Waals surface area contributed by atoms with Crippen molar-refractivity contribution >= 4 is 10.8 Å². The van der Waals surface area contributed by atoms with Crippen molar-refractivity contribution in [3.05, 3.63) is 78.6 Å². The third-order valence-electron chi connectivity index (χ3n) is 2.65. The van der Waals surface area contributed by atoms with Gasteiger partial charge in [-0.3, -0.25) is 4.98 Å². The molecule has 3 aromatic rings. The molecule has 0 saturated heterocycles. The average molecular weight is 275 g/mol. The molecular formula is C16H12F3N. The van der Waals surface area contributed by atoms with Gasteiger partial charge in [-0.05, 0) is 17.5 Å². The minimum absolute atomic E-state index is 0.190. The van der Waals surface area contributed by atoms with Crippen LogP contribution in [0.4, 0.5) is 13.2 Å². The summed E-state index contributed by atoms with van der Waals surface area (Å²) in [5.41, 5.74) is -0.614. The molecule has 0 fully saturated rings. The first-order valence-electron chi connectivity index (χ1n) is 5.99. The van der Waals surface area contributed by atoms with Gasteiger partial charge in [-0.1, -0.05) is 48.5 Å². The molecule has 0 unspecified atom stereocenters. The van der Waals surface area contributed by atoms with E-state index >= 15 is 0 Å². The molecule has 0 spiro atoms. The van der Waals surface area contributed by atoms with Crippen molar-refractivity contribution in [3.63, 3.8) is 0 Å². The molecule has 20 heavy (non-hydrogen) atoms. The molecule has 0 aliphatic carbocycles. The third kappa shape index (κ3) is 3.57. The van der Waals surface area contributed by atoms with Crippen LogP contribution in [0.15, 0.2) is 73.1 Å². The Labute approximate surface area is 114 Å². The van der Waals surface area contributed by atoms with Crippen LogP contribution >= 0.6 is 0 Å². The maximum absolute atomic E-state index is 12.5. The number of pyridine rings is 1. The van der Waals surface area contributed by atoms with Crippen LogP contribution < -0.4 is 0 Å². The Hall–Kier alpha value is -2.36. The van der Waals surface area contributed by atoms with Crippen molar-refractivity contribution in [2.45, 2.75) is 6.18 Å². The normalized spacial score (nSPS) is 10.8. The van der Waals surface area contributed by atoms with Gasteiger partial charge in [0, 0.05) is 17.8 Å². The van der Waals surface area contributed by atoms with Crippen LogP contribution in [0, 0.1) is 0 Å². The molecule has 0 amide bonds. The Morgan fingerprint density at radius 3 is 1.90 bits per heavy atom. The van der Waals surface area contributed by atoms with E-state index in [1.807, 2.05) is 36.4 Å². The fourth-order valence-electron chi connectivity index (χ4n) is 1.75. The van der Waals surface area contributed by atoms with Crippen LogP contribution in [0.5, 0.6) is 0 Å². The number of benzene rings is 2. The van der Waals surface area contributed by atoms with Crippen LogP contribution in [-0.2, 0) is 6.18 Å². The van der Waals surface area contributed by atoms with E-state index in [0.29, 0.717) is 5.39 Å². The van der Waals surface area contributed by atoms with Gasteiger partial charge in [0.25, 0.3) is 0 Å². The molecule has 0 aliphatic heterocycles. The number of hydrogen-bond acceptors (Lipinski definition) is 1. The molecule has 0 saturated carbocycles. The predicted molar refractivity (Wildman–Crippen MR) is 73.2 cm³/mol. The molecule has 1 heterocycles. The van der Waals surface area contributed by atoms with E-state index in [2.05, 4.69) is 4.98 Å². The smallest absolute Gasteiger partial charge is 0.264 e. The summed E-state index contributed by atoms with van der Waals surface area (Å²) in [5, 5.41) is 0.692. The number of rotatable bonds is 0. The summed E-state index contributed by atoms with van der Waals surface area (Å²) >= 11 is 0. The van der Waals surface area contributed by atoms with Crippen molar-refractivity contribution in [2.75, 3.05) is 0 Å². The van der Waals surface area contributed by atoms with Gasteiger partial charge in [0.2, 0.25) is 0 Å². The Balaban J connectivity index is 0.000000205. The summed E-state index contributed by atoms with van der Waals surface area (Å²) in [7, 11) is 0. The Morgan fingerprint density at radius 1 is 0.750 bits per heavy atom. The second-order valence-electron chi connectivity index (χ2n) is 4.05. The van der Waals surface area contributed by atoms with Gasteiger partial charge in [-0.25, -0.2) is 0 Å². The number of nitrogens with zero attached hydrogens (tertiary/aromatic N) is 1. The van der Waals surface area contributed by atoms with Crippen molar-refractivity contribution in [3.8, 4) is 0 Å². The topological polar surface area (TPSA) is 12.9 Å². The summed E-state index contributed by atoms with van der Waals surface area (Å²) < 4.78 is 37.5. The fourth-order valence-corrected chi connectivity index (χ4v) is 1.75. The van der Waals surface area contributed by atoms with E-state index in [-0.39, 0.29) is 5.39 Å². The third-order valence-corrected chi connectivity index (χ3v) is 2.65. The lowest BCUT2D eigenvalue weighted by molar-refractivity contribution is -0.136. The van der Waals surface area contributed by atoms with E-state index in [1.54, 1.807) is 6.07 Å². The van der Waals surface area contributed by atoms with E-state index < -0.39 is 11.7 Å². The highest BCUT2D eigenvalue weighted by Crippen LogP contribution is 2.34. The summed E-state index contributed by atoms with van der Waals surface area (Å²) in [4.78, 5) is 3.77. The van der Waals surface area contributed by atoms with Crippen molar-refractivity contribution in [2.24, 2.45) is 0 Å². The van der Waals surface area contributed by atoms with Crippen LogP contribution in [0.2, 0.25) is 0 Å². The predicted octanol–water partition coefficient (Wildman–Crippen LogP) is 4.94. The standard InChI is InChI=1S/C10H6F3N.C6H6/c11-10(12,13)9-3-1-2-7-6-14-5-4-8(7)9;1-2-4-6-5-3-1/h1-6H;1-6H. The number of hydrogen-bond donors (Lipinski definition) is 0. The van der Waals surface area contributed by atoms with E-state index in [4.69, 9.17) is 0 Å².